The minimum absolute atomic E-state index is 0.0271. The Morgan fingerprint density at radius 1 is 1.16 bits per heavy atom. The molecule has 31 heavy (non-hydrogen) atoms. The Kier molecular flexibility index (Phi) is 6.86. The molecule has 2 heterocycles. The van der Waals surface area contributed by atoms with Gasteiger partial charge >= 0.3 is 6.18 Å². The highest BCUT2D eigenvalue weighted by Gasteiger charge is 2.31. The van der Waals surface area contributed by atoms with Crippen LogP contribution in [0.25, 0.3) is 5.69 Å². The first kappa shape index (κ1) is 22.1. The minimum atomic E-state index is -4.44. The molecule has 1 aliphatic carbocycles. The van der Waals surface area contributed by atoms with Crippen LogP contribution in [0.4, 0.5) is 13.2 Å². The van der Waals surface area contributed by atoms with E-state index in [0.29, 0.717) is 16.7 Å². The van der Waals surface area contributed by atoms with Crippen molar-refractivity contribution in [2.75, 3.05) is 25.4 Å². The van der Waals surface area contributed by atoms with Crippen LogP contribution in [0.3, 0.4) is 0 Å². The molecule has 0 bridgehead atoms. The van der Waals surface area contributed by atoms with Crippen LogP contribution in [-0.2, 0) is 17.5 Å². The van der Waals surface area contributed by atoms with Gasteiger partial charge in [-0.05, 0) is 57.0 Å². The van der Waals surface area contributed by atoms with Crippen molar-refractivity contribution in [1.29, 1.82) is 0 Å². The topological polar surface area (TPSA) is 63.1 Å². The van der Waals surface area contributed by atoms with Gasteiger partial charge in [0.1, 0.15) is 0 Å². The van der Waals surface area contributed by atoms with Crippen molar-refractivity contribution in [3.05, 3.63) is 35.7 Å². The van der Waals surface area contributed by atoms with Gasteiger partial charge in [0, 0.05) is 18.2 Å². The summed E-state index contributed by atoms with van der Waals surface area (Å²) in [7, 11) is 0. The maximum atomic E-state index is 13.3. The number of carbonyl (C=O) groups is 1. The summed E-state index contributed by atoms with van der Waals surface area (Å²) in [6.07, 6.45) is 0.779. The van der Waals surface area contributed by atoms with E-state index in [-0.39, 0.29) is 18.4 Å². The maximum Gasteiger partial charge on any atom is 0.416 e. The molecule has 1 N–H and O–H groups in total. The average Bonchev–Trinajstić information content (AvgIpc) is 3.34. The fourth-order valence-electron chi connectivity index (χ4n) is 3.84. The number of thioether (sulfide) groups is 1. The van der Waals surface area contributed by atoms with Gasteiger partial charge in [-0.15, -0.1) is 10.2 Å². The maximum absolute atomic E-state index is 13.3. The number of amides is 1. The van der Waals surface area contributed by atoms with Gasteiger partial charge < -0.3 is 10.2 Å². The Labute approximate surface area is 183 Å². The Bertz CT molecular complexity index is 907. The summed E-state index contributed by atoms with van der Waals surface area (Å²) in [5, 5.41) is 11.8. The third kappa shape index (κ3) is 5.41. The molecule has 1 aliphatic heterocycles. The lowest BCUT2D eigenvalue weighted by molar-refractivity contribution is -0.137. The molecule has 2 aliphatic rings. The molecular formula is C21H26F3N5OS. The zero-order valence-electron chi connectivity index (χ0n) is 17.2. The highest BCUT2D eigenvalue weighted by atomic mass is 32.2. The normalized spacial score (nSPS) is 17.6. The summed E-state index contributed by atoms with van der Waals surface area (Å²) in [6.45, 7) is 3.19. The van der Waals surface area contributed by atoms with E-state index in [0.717, 1.165) is 56.8 Å². The first-order chi connectivity index (χ1) is 14.9. The first-order valence-electron chi connectivity index (χ1n) is 10.7. The summed E-state index contributed by atoms with van der Waals surface area (Å²) in [5.74, 6) is 1.19. The second-order valence-corrected chi connectivity index (χ2v) is 9.09. The number of nitrogens with one attached hydrogen (secondary N) is 1. The molecule has 2 aromatic rings. The summed E-state index contributed by atoms with van der Waals surface area (Å²) in [4.78, 5) is 14.6. The molecule has 0 unspecified atom stereocenters. The smallest absolute Gasteiger partial charge is 0.349 e. The predicted octanol–water partition coefficient (Wildman–Crippen LogP) is 3.89. The number of aromatic nitrogens is 3. The van der Waals surface area contributed by atoms with E-state index in [1.54, 1.807) is 10.6 Å². The van der Waals surface area contributed by atoms with Crippen molar-refractivity contribution in [3.8, 4) is 5.69 Å². The molecular weight excluding hydrogens is 427 g/mol. The highest BCUT2D eigenvalue weighted by Crippen LogP contribution is 2.32. The third-order valence-corrected chi connectivity index (χ3v) is 6.78. The van der Waals surface area contributed by atoms with Gasteiger partial charge in [-0.2, -0.15) is 13.2 Å². The number of carbonyl (C=O) groups excluding carboxylic acids is 1. The number of hydrogen-bond donors (Lipinski definition) is 1. The number of benzene rings is 1. The Hall–Kier alpha value is -2.07. The molecule has 1 saturated carbocycles. The molecule has 1 aromatic heterocycles. The number of halogens is 3. The summed E-state index contributed by atoms with van der Waals surface area (Å²) < 4.78 is 41.4. The van der Waals surface area contributed by atoms with Crippen LogP contribution < -0.4 is 5.32 Å². The van der Waals surface area contributed by atoms with E-state index < -0.39 is 11.7 Å². The fourth-order valence-corrected chi connectivity index (χ4v) is 4.81. The molecule has 168 valence electrons. The van der Waals surface area contributed by atoms with Gasteiger partial charge in [-0.3, -0.25) is 9.36 Å². The summed E-state index contributed by atoms with van der Waals surface area (Å²) >= 11 is 1.47. The van der Waals surface area contributed by atoms with Gasteiger partial charge in [-0.25, -0.2) is 0 Å². The molecule has 10 heteroatoms. The van der Waals surface area contributed by atoms with Gasteiger partial charge in [0.05, 0.1) is 17.8 Å². The lowest BCUT2D eigenvalue weighted by Crippen LogP contribution is -2.34. The fraction of sp³-hybridized carbons (Fsp3) is 0.571. The van der Waals surface area contributed by atoms with E-state index in [1.807, 2.05) is 0 Å². The second kappa shape index (κ2) is 9.60. The van der Waals surface area contributed by atoms with E-state index in [1.165, 1.54) is 30.7 Å². The third-order valence-electron chi connectivity index (χ3n) is 5.87. The van der Waals surface area contributed by atoms with Gasteiger partial charge in [0.25, 0.3) is 0 Å². The zero-order chi connectivity index (χ0) is 21.8. The summed E-state index contributed by atoms with van der Waals surface area (Å²) in [5.41, 5.74) is -0.382. The van der Waals surface area contributed by atoms with Gasteiger partial charge in [0.2, 0.25) is 5.91 Å². The predicted molar refractivity (Wildman–Crippen MR) is 112 cm³/mol. The van der Waals surface area contributed by atoms with E-state index in [2.05, 4.69) is 20.4 Å². The number of rotatable bonds is 8. The van der Waals surface area contributed by atoms with Crippen molar-refractivity contribution < 1.29 is 18.0 Å². The van der Waals surface area contributed by atoms with Crippen LogP contribution in [0, 0.1) is 5.92 Å². The molecule has 0 spiro atoms. The Morgan fingerprint density at radius 2 is 1.94 bits per heavy atom. The van der Waals surface area contributed by atoms with Crippen molar-refractivity contribution in [1.82, 2.24) is 25.0 Å². The number of alkyl halides is 3. The Balaban J connectivity index is 1.54. The van der Waals surface area contributed by atoms with Crippen molar-refractivity contribution in [2.45, 2.75) is 50.0 Å². The van der Waals surface area contributed by atoms with Crippen molar-refractivity contribution in [2.24, 2.45) is 5.92 Å². The van der Waals surface area contributed by atoms with Crippen LogP contribution in [0.2, 0.25) is 0 Å². The lowest BCUT2D eigenvalue weighted by atomic mass is 9.85. The molecule has 6 nitrogen and oxygen atoms in total. The van der Waals surface area contributed by atoms with Crippen molar-refractivity contribution >= 4 is 17.7 Å². The van der Waals surface area contributed by atoms with Gasteiger partial charge in [0.15, 0.2) is 11.0 Å². The van der Waals surface area contributed by atoms with Gasteiger partial charge in [-0.1, -0.05) is 24.2 Å². The standard InChI is InChI=1S/C21H26F3N5OS/c22-21(23,24)16-7-4-8-17(13-16)29-18(14-25-19(30)15-5-3-6-15)26-27-20(29)31-12-11-28-9-1-2-10-28/h4,7-8,13,15H,1-3,5-6,9-12,14H2,(H,25,30). The van der Waals surface area contributed by atoms with Crippen LogP contribution in [0.5, 0.6) is 0 Å². The largest absolute Gasteiger partial charge is 0.416 e. The number of hydrogen-bond acceptors (Lipinski definition) is 5. The molecule has 1 saturated heterocycles. The molecule has 0 atom stereocenters. The van der Waals surface area contributed by atoms with E-state index in [9.17, 15) is 18.0 Å². The van der Waals surface area contributed by atoms with Crippen LogP contribution in [-0.4, -0.2) is 51.0 Å². The minimum Gasteiger partial charge on any atom is -0.349 e. The van der Waals surface area contributed by atoms with Crippen molar-refractivity contribution in [3.63, 3.8) is 0 Å². The Morgan fingerprint density at radius 3 is 2.61 bits per heavy atom. The quantitative estimate of drug-likeness (QED) is 0.615. The SMILES string of the molecule is O=C(NCc1nnc(SCCN2CCCC2)n1-c1cccc(C(F)(F)F)c1)C1CCC1. The molecule has 1 amide bonds. The molecule has 4 rings (SSSR count). The first-order valence-corrected chi connectivity index (χ1v) is 11.6. The second-order valence-electron chi connectivity index (χ2n) is 8.03. The van der Waals surface area contributed by atoms with Crippen LogP contribution in [0.1, 0.15) is 43.5 Å². The summed E-state index contributed by atoms with van der Waals surface area (Å²) in [6, 6.07) is 5.14. The molecule has 2 fully saturated rings. The highest BCUT2D eigenvalue weighted by molar-refractivity contribution is 7.99. The van der Waals surface area contributed by atoms with Crippen LogP contribution in [0.15, 0.2) is 29.4 Å². The van der Waals surface area contributed by atoms with E-state index >= 15 is 0 Å². The number of nitrogens with zero attached hydrogens (tertiary/aromatic N) is 4. The monoisotopic (exact) mass is 453 g/mol. The van der Waals surface area contributed by atoms with E-state index in [4.69, 9.17) is 0 Å². The molecule has 0 radical (unpaired) electrons. The number of likely N-dealkylation sites (tertiary alicyclic amines) is 1. The zero-order valence-corrected chi connectivity index (χ0v) is 18.0. The molecule has 1 aromatic carbocycles. The van der Waals surface area contributed by atoms with Crippen LogP contribution >= 0.6 is 11.8 Å². The lowest BCUT2D eigenvalue weighted by Gasteiger charge is -2.24. The average molecular weight is 454 g/mol.